The molecular weight excluding hydrogens is 364 g/mol. The monoisotopic (exact) mass is 378 g/mol. The lowest BCUT2D eigenvalue weighted by molar-refractivity contribution is 0.0196. The molecule has 0 spiro atoms. The average Bonchev–Trinajstić information content (AvgIpc) is 2.52. The van der Waals surface area contributed by atoms with Gasteiger partial charge in [-0.2, -0.15) is 23.7 Å². The molecule has 2 rings (SSSR count). The smallest absolute Gasteiger partial charge is 0.299 e. The number of alkyl halides is 2. The summed E-state index contributed by atoms with van der Waals surface area (Å²) in [5.41, 5.74) is 11.1. The Balaban J connectivity index is 2.17. The van der Waals surface area contributed by atoms with Gasteiger partial charge in [0, 0.05) is 13.3 Å². The van der Waals surface area contributed by atoms with Crippen molar-refractivity contribution >= 4 is 46.1 Å². The molecule has 124 valence electrons. The van der Waals surface area contributed by atoms with Gasteiger partial charge in [-0.3, -0.25) is 10.5 Å². The molecule has 0 amide bonds. The third kappa shape index (κ3) is 4.71. The van der Waals surface area contributed by atoms with Gasteiger partial charge in [-0.15, -0.1) is 9.24 Å². The molecule has 0 aliphatic rings. The van der Waals surface area contributed by atoms with Crippen molar-refractivity contribution in [2.24, 2.45) is 5.50 Å². The Morgan fingerprint density at radius 2 is 2.13 bits per heavy atom. The van der Waals surface area contributed by atoms with Crippen LogP contribution in [0.3, 0.4) is 0 Å². The van der Waals surface area contributed by atoms with Crippen molar-refractivity contribution in [3.8, 4) is 0 Å². The van der Waals surface area contributed by atoms with Crippen LogP contribution in [0.15, 0.2) is 23.5 Å². The van der Waals surface area contributed by atoms with E-state index in [-0.39, 0.29) is 22.4 Å². The van der Waals surface area contributed by atoms with Crippen molar-refractivity contribution in [1.82, 2.24) is 19.9 Å². The summed E-state index contributed by atoms with van der Waals surface area (Å²) in [7, 11) is 2.09. The molecule has 2 heterocycles. The van der Waals surface area contributed by atoms with Crippen LogP contribution in [0.2, 0.25) is 0 Å². The topological polar surface area (TPSA) is 113 Å². The van der Waals surface area contributed by atoms with E-state index < -0.39 is 20.0 Å². The molecule has 0 aliphatic carbocycles. The normalized spacial score (nSPS) is 13.1. The third-order valence-electron chi connectivity index (χ3n) is 2.58. The second kappa shape index (κ2) is 7.68. The summed E-state index contributed by atoms with van der Waals surface area (Å²) >= 11 is 0.745. The summed E-state index contributed by atoms with van der Waals surface area (Å²) in [6, 6.07) is 3.13. The highest BCUT2D eigenvalue weighted by molar-refractivity contribution is 7.99. The summed E-state index contributed by atoms with van der Waals surface area (Å²) in [6.07, 6.45) is 1.32. The lowest BCUT2D eigenvalue weighted by Crippen LogP contribution is -2.25. The first-order valence-corrected chi connectivity index (χ1v) is 9.04. The van der Waals surface area contributed by atoms with Gasteiger partial charge in [-0.25, -0.2) is 0 Å². The van der Waals surface area contributed by atoms with E-state index in [1.165, 1.54) is 13.3 Å². The van der Waals surface area contributed by atoms with Crippen LogP contribution in [-0.2, 0) is 10.4 Å². The molecule has 0 fully saturated rings. The van der Waals surface area contributed by atoms with Gasteiger partial charge in [0.05, 0.1) is 5.75 Å². The third-order valence-corrected chi connectivity index (χ3v) is 4.98. The Hall–Kier alpha value is -1.05. The maximum Gasteiger partial charge on any atom is 0.299 e. The van der Waals surface area contributed by atoms with E-state index in [0.717, 1.165) is 11.8 Å². The Labute approximate surface area is 139 Å². The molecule has 0 aromatic carbocycles. The number of pyridine rings is 1. The van der Waals surface area contributed by atoms with Gasteiger partial charge in [0.1, 0.15) is 5.69 Å². The number of anilines is 1. The summed E-state index contributed by atoms with van der Waals surface area (Å²) in [4.78, 5) is 15.4. The van der Waals surface area contributed by atoms with Crippen LogP contribution in [0.25, 0.3) is 0 Å². The maximum atomic E-state index is 14.3. The summed E-state index contributed by atoms with van der Waals surface area (Å²) in [5.74, 6) is -3.84. The van der Waals surface area contributed by atoms with E-state index in [2.05, 4.69) is 29.2 Å². The van der Waals surface area contributed by atoms with Crippen molar-refractivity contribution in [2.75, 3.05) is 18.6 Å². The Morgan fingerprint density at radius 3 is 2.78 bits per heavy atom. The maximum absolute atomic E-state index is 14.3. The van der Waals surface area contributed by atoms with E-state index in [4.69, 9.17) is 15.8 Å². The predicted molar refractivity (Wildman–Crippen MR) is 90.2 cm³/mol. The summed E-state index contributed by atoms with van der Waals surface area (Å²) in [5, 5.41) is 0.391. The quantitative estimate of drug-likeness (QED) is 0.560. The minimum atomic E-state index is -3.15. The van der Waals surface area contributed by atoms with Crippen molar-refractivity contribution in [3.63, 3.8) is 0 Å². The molecule has 0 saturated carbocycles. The summed E-state index contributed by atoms with van der Waals surface area (Å²) in [6.45, 7) is 0. The molecule has 2 aromatic rings. The molecule has 12 heteroatoms. The number of hydrogen-bond donors (Lipinski definition) is 2. The first-order valence-electron chi connectivity index (χ1n) is 6.15. The zero-order valence-corrected chi connectivity index (χ0v) is 14.8. The fraction of sp³-hybridized carbons (Fsp3) is 0.273. The molecule has 23 heavy (non-hydrogen) atoms. The van der Waals surface area contributed by atoms with Crippen LogP contribution in [0.1, 0.15) is 5.69 Å². The molecule has 0 aliphatic heterocycles. The SMILES string of the molecule is COP(N)c1nc(N)nc(SCC(F)(F)c2ncccc2P)n1. The fourth-order valence-electron chi connectivity index (χ4n) is 1.55. The number of nitrogen functional groups attached to an aromatic ring is 1. The highest BCUT2D eigenvalue weighted by Gasteiger charge is 2.35. The van der Waals surface area contributed by atoms with Crippen molar-refractivity contribution in [2.45, 2.75) is 11.1 Å². The van der Waals surface area contributed by atoms with E-state index in [0.29, 0.717) is 5.30 Å². The number of thioether (sulfide) groups is 1. The molecule has 0 saturated heterocycles. The van der Waals surface area contributed by atoms with Crippen LogP contribution in [0.4, 0.5) is 14.7 Å². The summed E-state index contributed by atoms with van der Waals surface area (Å²) < 4.78 is 33.5. The number of halogens is 2. The molecule has 7 nitrogen and oxygen atoms in total. The van der Waals surface area contributed by atoms with Gasteiger partial charge < -0.3 is 10.3 Å². The predicted octanol–water partition coefficient (Wildman–Crippen LogP) is 0.776. The molecular formula is C11H14F2N6OP2S. The first-order chi connectivity index (χ1) is 10.8. The number of nitrogens with zero attached hydrogens (tertiary/aromatic N) is 4. The van der Waals surface area contributed by atoms with Crippen LogP contribution >= 0.6 is 29.3 Å². The van der Waals surface area contributed by atoms with E-state index in [9.17, 15) is 8.78 Å². The fourth-order valence-corrected chi connectivity index (χ4v) is 3.33. The van der Waals surface area contributed by atoms with Crippen LogP contribution in [0, 0.1) is 0 Å². The molecule has 2 aromatic heterocycles. The highest BCUT2D eigenvalue weighted by atomic mass is 32.2. The van der Waals surface area contributed by atoms with Gasteiger partial charge in [-0.1, -0.05) is 17.8 Å². The first kappa shape index (κ1) is 18.3. The lowest BCUT2D eigenvalue weighted by Gasteiger charge is -2.16. The van der Waals surface area contributed by atoms with E-state index in [1.807, 2.05) is 0 Å². The van der Waals surface area contributed by atoms with Gasteiger partial charge in [-0.05, 0) is 11.4 Å². The molecule has 0 radical (unpaired) electrons. The van der Waals surface area contributed by atoms with Gasteiger partial charge in [0.15, 0.2) is 13.5 Å². The van der Waals surface area contributed by atoms with Crippen molar-refractivity contribution in [3.05, 3.63) is 24.0 Å². The van der Waals surface area contributed by atoms with E-state index >= 15 is 0 Å². The minimum Gasteiger partial charge on any atom is -0.368 e. The second-order valence-corrected chi connectivity index (χ2v) is 7.20. The largest absolute Gasteiger partial charge is 0.368 e. The van der Waals surface area contributed by atoms with E-state index in [1.54, 1.807) is 12.1 Å². The number of nitrogens with two attached hydrogens (primary N) is 2. The number of rotatable bonds is 6. The zero-order valence-electron chi connectivity index (χ0n) is 12.0. The standard InChI is InChI=1S/C11H14F2N6OP2S/c1-20-22(15)9-17-8(14)18-10(19-9)23-5-11(12,13)7-6(21)3-2-4-16-7/h2-4H,5,15,21H2,1H3,(H2,14,17,18,19). The second-order valence-electron chi connectivity index (χ2n) is 4.22. The Morgan fingerprint density at radius 1 is 1.39 bits per heavy atom. The molecule has 2 atom stereocenters. The van der Waals surface area contributed by atoms with Crippen LogP contribution in [-0.4, -0.2) is 32.8 Å². The van der Waals surface area contributed by atoms with Crippen molar-refractivity contribution in [1.29, 1.82) is 0 Å². The Bertz CT molecular complexity index is 695. The minimum absolute atomic E-state index is 0.0587. The number of aromatic nitrogens is 4. The lowest BCUT2D eigenvalue weighted by atomic mass is 10.2. The van der Waals surface area contributed by atoms with Crippen LogP contribution < -0.4 is 22.1 Å². The number of hydrogen-bond acceptors (Lipinski definition) is 8. The highest BCUT2D eigenvalue weighted by Crippen LogP contribution is 2.32. The molecule has 2 unspecified atom stereocenters. The van der Waals surface area contributed by atoms with Crippen molar-refractivity contribution < 1.29 is 13.3 Å². The average molecular weight is 378 g/mol. The van der Waals surface area contributed by atoms with Gasteiger partial charge in [0.2, 0.25) is 11.5 Å². The molecule has 0 bridgehead atoms. The van der Waals surface area contributed by atoms with Gasteiger partial charge in [0.25, 0.3) is 5.92 Å². The molecule has 4 N–H and O–H groups in total. The van der Waals surface area contributed by atoms with Crippen LogP contribution in [0.5, 0.6) is 0 Å². The van der Waals surface area contributed by atoms with Gasteiger partial charge >= 0.3 is 0 Å². The Kier molecular flexibility index (Phi) is 6.11. The zero-order chi connectivity index (χ0) is 17.0.